The number of nitrogens with zero attached hydrogens (tertiary/aromatic N) is 1. The molecule has 24 heavy (non-hydrogen) atoms. The van der Waals surface area contributed by atoms with Gasteiger partial charge in [0.15, 0.2) is 12.0 Å². The lowest BCUT2D eigenvalue weighted by atomic mass is 10.2. The molecule has 1 aliphatic heterocycles. The topological polar surface area (TPSA) is 85.9 Å². The molecular formula is C16H19Br2N3O3. The van der Waals surface area contributed by atoms with Crippen molar-refractivity contribution in [1.29, 1.82) is 0 Å². The third kappa shape index (κ3) is 4.98. The number of hydrogen-bond donors (Lipinski definition) is 2. The van der Waals surface area contributed by atoms with Crippen LogP contribution < -0.4 is 15.8 Å². The number of carbonyl (C=O) groups is 1. The fourth-order valence-corrected chi connectivity index (χ4v) is 3.77. The van der Waals surface area contributed by atoms with Crippen molar-refractivity contribution in [2.75, 3.05) is 13.7 Å². The van der Waals surface area contributed by atoms with Crippen LogP contribution in [0.2, 0.25) is 0 Å². The lowest BCUT2D eigenvalue weighted by Gasteiger charge is -2.09. The molecule has 2 rings (SSSR count). The highest BCUT2D eigenvalue weighted by Crippen LogP contribution is 2.35. The molecule has 6 nitrogen and oxygen atoms in total. The van der Waals surface area contributed by atoms with Crippen LogP contribution in [0.25, 0.3) is 6.08 Å². The summed E-state index contributed by atoms with van der Waals surface area (Å²) in [6.07, 6.45) is 2.83. The van der Waals surface area contributed by atoms with E-state index in [0.29, 0.717) is 30.3 Å². The number of aliphatic imine (C=N–C) groups is 1. The van der Waals surface area contributed by atoms with E-state index in [1.54, 1.807) is 20.1 Å². The first-order chi connectivity index (χ1) is 11.4. The van der Waals surface area contributed by atoms with Crippen LogP contribution >= 0.6 is 31.9 Å². The normalized spacial score (nSPS) is 19.3. The van der Waals surface area contributed by atoms with Gasteiger partial charge in [-0.3, -0.25) is 9.79 Å². The van der Waals surface area contributed by atoms with Gasteiger partial charge in [-0.05, 0) is 69.0 Å². The number of amides is 1. The molecule has 1 aromatic carbocycles. The van der Waals surface area contributed by atoms with E-state index >= 15 is 0 Å². The maximum absolute atomic E-state index is 12.0. The van der Waals surface area contributed by atoms with Crippen LogP contribution in [0, 0.1) is 0 Å². The summed E-state index contributed by atoms with van der Waals surface area (Å²) < 4.78 is 12.5. The first-order valence-corrected chi connectivity index (χ1v) is 8.98. The van der Waals surface area contributed by atoms with Gasteiger partial charge in [0.2, 0.25) is 0 Å². The number of amidine groups is 1. The van der Waals surface area contributed by atoms with E-state index in [1.807, 2.05) is 12.1 Å². The second-order valence-electron chi connectivity index (χ2n) is 5.27. The second-order valence-corrected chi connectivity index (χ2v) is 6.98. The summed E-state index contributed by atoms with van der Waals surface area (Å²) in [5.41, 5.74) is 6.31. The number of carbonyl (C=O) groups excluding carboxylic acids is 1. The molecule has 1 saturated heterocycles. The molecular weight excluding hydrogens is 442 g/mol. The Morgan fingerprint density at radius 1 is 1.46 bits per heavy atom. The largest absolute Gasteiger partial charge is 0.494 e. The summed E-state index contributed by atoms with van der Waals surface area (Å²) in [7, 11) is 1.59. The molecule has 0 aliphatic carbocycles. The van der Waals surface area contributed by atoms with Crippen molar-refractivity contribution in [1.82, 2.24) is 5.32 Å². The Bertz CT molecular complexity index is 662. The van der Waals surface area contributed by atoms with Gasteiger partial charge in [-0.15, -0.1) is 0 Å². The number of hydrogen-bond acceptors (Lipinski definition) is 4. The molecule has 1 heterocycles. The lowest BCUT2D eigenvalue weighted by molar-refractivity contribution is -0.116. The van der Waals surface area contributed by atoms with Crippen LogP contribution in [0.4, 0.5) is 0 Å². The summed E-state index contributed by atoms with van der Waals surface area (Å²) in [5, 5.41) is 2.81. The van der Waals surface area contributed by atoms with Crippen molar-refractivity contribution in [3.63, 3.8) is 0 Å². The number of ether oxygens (including phenoxy) is 2. The smallest absolute Gasteiger partial charge is 0.289 e. The summed E-state index contributed by atoms with van der Waals surface area (Å²) in [6, 6.07) is 3.72. The van der Waals surface area contributed by atoms with E-state index < -0.39 is 0 Å². The molecule has 0 aromatic heterocycles. The number of nitrogens with one attached hydrogen (secondary N) is 1. The van der Waals surface area contributed by atoms with Gasteiger partial charge < -0.3 is 20.5 Å². The fourth-order valence-electron chi connectivity index (χ4n) is 2.23. The molecule has 1 atom stereocenters. The van der Waals surface area contributed by atoms with Crippen molar-refractivity contribution >= 4 is 49.7 Å². The van der Waals surface area contributed by atoms with Crippen LogP contribution in [0.5, 0.6) is 5.75 Å². The van der Waals surface area contributed by atoms with Crippen LogP contribution in [-0.2, 0) is 9.53 Å². The van der Waals surface area contributed by atoms with Gasteiger partial charge in [-0.2, -0.15) is 0 Å². The fraction of sp³-hybridized carbons (Fsp3) is 0.375. The maximum Gasteiger partial charge on any atom is 0.289 e. The molecule has 3 N–H and O–H groups in total. The number of methoxy groups -OCH3 is 1. The van der Waals surface area contributed by atoms with Crippen molar-refractivity contribution < 1.29 is 14.3 Å². The van der Waals surface area contributed by atoms with Crippen LogP contribution in [0.15, 0.2) is 31.8 Å². The third-order valence-corrected chi connectivity index (χ3v) is 4.47. The van der Waals surface area contributed by atoms with Crippen molar-refractivity contribution in [2.45, 2.75) is 26.0 Å². The molecule has 1 aliphatic rings. The zero-order valence-corrected chi connectivity index (χ0v) is 16.6. The van der Waals surface area contributed by atoms with E-state index in [2.05, 4.69) is 42.2 Å². The van der Waals surface area contributed by atoms with Crippen molar-refractivity contribution in [3.05, 3.63) is 32.4 Å². The summed E-state index contributed by atoms with van der Waals surface area (Å²) in [6.45, 7) is 2.37. The quantitative estimate of drug-likeness (QED) is 0.295. The van der Waals surface area contributed by atoms with E-state index in [4.69, 9.17) is 15.2 Å². The molecule has 8 heteroatoms. The molecule has 130 valence electrons. The maximum atomic E-state index is 12.0. The Kier molecular flexibility index (Phi) is 6.68. The average molecular weight is 461 g/mol. The first kappa shape index (κ1) is 18.8. The highest BCUT2D eigenvalue weighted by molar-refractivity contribution is 9.11. The number of rotatable bonds is 6. The van der Waals surface area contributed by atoms with E-state index in [1.165, 1.54) is 0 Å². The molecule has 1 amide bonds. The predicted octanol–water partition coefficient (Wildman–Crippen LogP) is 3.19. The highest BCUT2D eigenvalue weighted by atomic mass is 79.9. The summed E-state index contributed by atoms with van der Waals surface area (Å²) >= 11 is 6.88. The zero-order chi connectivity index (χ0) is 17.7. The Labute approximate surface area is 157 Å². The Morgan fingerprint density at radius 3 is 2.71 bits per heavy atom. The van der Waals surface area contributed by atoms with Gasteiger partial charge in [0, 0.05) is 13.0 Å². The molecule has 0 radical (unpaired) electrons. The van der Waals surface area contributed by atoms with Crippen LogP contribution in [-0.4, -0.2) is 31.6 Å². The minimum atomic E-state index is -0.331. The van der Waals surface area contributed by atoms with Crippen molar-refractivity contribution in [2.24, 2.45) is 10.7 Å². The highest BCUT2D eigenvalue weighted by Gasteiger charge is 2.27. The van der Waals surface area contributed by atoms with Crippen molar-refractivity contribution in [3.8, 4) is 5.75 Å². The molecule has 1 fully saturated rings. The summed E-state index contributed by atoms with van der Waals surface area (Å²) in [4.78, 5) is 16.1. The minimum Gasteiger partial charge on any atom is -0.494 e. The number of benzene rings is 1. The minimum absolute atomic E-state index is 0.221. The third-order valence-electron chi connectivity index (χ3n) is 3.29. The first-order valence-electron chi connectivity index (χ1n) is 7.39. The number of nitrogens with two attached hydrogens (primary N) is 1. The Morgan fingerprint density at radius 2 is 2.12 bits per heavy atom. The van der Waals surface area contributed by atoms with Crippen LogP contribution in [0.3, 0.4) is 0 Å². The lowest BCUT2D eigenvalue weighted by Crippen LogP contribution is -2.26. The molecule has 0 spiro atoms. The van der Waals surface area contributed by atoms with Gasteiger partial charge in [0.1, 0.15) is 5.75 Å². The van der Waals surface area contributed by atoms with Gasteiger partial charge in [0.05, 0.1) is 21.9 Å². The zero-order valence-electron chi connectivity index (χ0n) is 13.4. The average Bonchev–Trinajstić information content (AvgIpc) is 2.83. The van der Waals surface area contributed by atoms with Crippen LogP contribution in [0.1, 0.15) is 25.3 Å². The monoisotopic (exact) mass is 459 g/mol. The Hall–Kier alpha value is -1.54. The Balaban J connectivity index is 2.03. The van der Waals surface area contributed by atoms with Gasteiger partial charge >= 0.3 is 0 Å². The number of halogens is 2. The standard InChI is InChI=1S/C16H19Br2N3O3/c1-9(19)20-5-3-4-14-21-16(22)13(24-14)8-10-6-11(17)15(23-2)12(18)7-10/h6-8,14H,3-5H2,1-2H3,(H2,19,20)(H,21,22). The summed E-state index contributed by atoms with van der Waals surface area (Å²) in [5.74, 6) is 1.33. The van der Waals surface area contributed by atoms with E-state index in [-0.39, 0.29) is 12.1 Å². The molecule has 0 saturated carbocycles. The molecule has 1 aromatic rings. The molecule has 1 unspecified atom stereocenters. The SMILES string of the molecule is COc1c(Br)cc(C=C2OC(CCCN=C(C)N)NC2=O)cc1Br. The predicted molar refractivity (Wildman–Crippen MR) is 101 cm³/mol. The van der Waals surface area contributed by atoms with E-state index in [0.717, 1.165) is 20.9 Å². The molecule has 0 bridgehead atoms. The van der Waals surface area contributed by atoms with Gasteiger partial charge in [-0.25, -0.2) is 0 Å². The van der Waals surface area contributed by atoms with Gasteiger partial charge in [-0.1, -0.05) is 0 Å². The van der Waals surface area contributed by atoms with Gasteiger partial charge in [0.25, 0.3) is 5.91 Å². The van der Waals surface area contributed by atoms with E-state index in [9.17, 15) is 4.79 Å². The second kappa shape index (κ2) is 8.53.